The van der Waals surface area contributed by atoms with E-state index in [1.807, 2.05) is 0 Å². The lowest BCUT2D eigenvalue weighted by atomic mass is 9.54. The molecule has 0 N–H and O–H groups in total. The molecule has 0 saturated heterocycles. The van der Waals surface area contributed by atoms with E-state index in [0.29, 0.717) is 0 Å². The Balaban J connectivity index is 2.20. The second-order valence-corrected chi connectivity index (χ2v) is 4.49. The normalized spacial score (nSPS) is 21.7. The third-order valence-corrected chi connectivity index (χ3v) is 2.78. The van der Waals surface area contributed by atoms with Gasteiger partial charge in [0, 0.05) is 0 Å². The van der Waals surface area contributed by atoms with Gasteiger partial charge in [-0.3, -0.25) is 0 Å². The predicted octanol–water partition coefficient (Wildman–Crippen LogP) is 3.39. The molecule has 64 valence electrons. The molecule has 0 aliphatic heterocycles. The molecular formula is C10H21B. The smallest absolute Gasteiger partial charge is 0.0710 e. The van der Waals surface area contributed by atoms with Crippen LogP contribution in [0.25, 0.3) is 0 Å². The molecule has 0 atom stereocenters. The highest BCUT2D eigenvalue weighted by Gasteiger charge is 2.14. The van der Waals surface area contributed by atoms with Crippen molar-refractivity contribution in [3.05, 3.63) is 0 Å². The van der Waals surface area contributed by atoms with E-state index < -0.39 is 0 Å². The van der Waals surface area contributed by atoms with Crippen molar-refractivity contribution in [3.8, 4) is 0 Å². The summed E-state index contributed by atoms with van der Waals surface area (Å²) < 4.78 is 0. The van der Waals surface area contributed by atoms with Crippen LogP contribution in [0, 0.1) is 0 Å². The van der Waals surface area contributed by atoms with Crippen molar-refractivity contribution in [1.82, 2.24) is 0 Å². The summed E-state index contributed by atoms with van der Waals surface area (Å²) in [5.41, 5.74) is 0. The van der Waals surface area contributed by atoms with E-state index in [1.165, 1.54) is 45.8 Å². The van der Waals surface area contributed by atoms with Gasteiger partial charge in [0.2, 0.25) is 0 Å². The third-order valence-electron chi connectivity index (χ3n) is 2.78. The van der Waals surface area contributed by atoms with Gasteiger partial charge in [-0.1, -0.05) is 64.0 Å². The Labute approximate surface area is 72.0 Å². The van der Waals surface area contributed by atoms with Gasteiger partial charge in [-0.05, 0) is 0 Å². The zero-order valence-corrected chi connectivity index (χ0v) is 8.10. The van der Waals surface area contributed by atoms with E-state index >= 15 is 0 Å². The molecule has 1 aliphatic carbocycles. The highest BCUT2D eigenvalue weighted by atomic mass is 14.1. The average Bonchev–Trinajstić information content (AvgIpc) is 2.14. The van der Waals surface area contributed by atoms with Crippen molar-refractivity contribution in [1.29, 1.82) is 0 Å². The Hall–Kier alpha value is 0.0649. The van der Waals surface area contributed by atoms with Crippen molar-refractivity contribution in [2.75, 3.05) is 0 Å². The molecule has 0 nitrogen and oxygen atoms in total. The monoisotopic (exact) mass is 152 g/mol. The standard InChI is InChI=1S/C10H21B/c1-9(2)11-10-7-5-3-4-6-8-10/h9-11H,3-8H2,1-2H3. The topological polar surface area (TPSA) is 0 Å². The SMILES string of the molecule is CC(C)BC1CCCCCC1. The summed E-state index contributed by atoms with van der Waals surface area (Å²) in [5.74, 6) is 1.98. The molecule has 0 aromatic heterocycles. The highest BCUT2D eigenvalue weighted by molar-refractivity contribution is 6.39. The summed E-state index contributed by atoms with van der Waals surface area (Å²) in [5, 5.41) is 0. The molecule has 0 amide bonds. The van der Waals surface area contributed by atoms with Crippen molar-refractivity contribution in [2.24, 2.45) is 0 Å². The first-order chi connectivity index (χ1) is 5.29. The van der Waals surface area contributed by atoms with E-state index in [9.17, 15) is 0 Å². The second-order valence-electron chi connectivity index (χ2n) is 4.49. The molecule has 1 rings (SSSR count). The van der Waals surface area contributed by atoms with Gasteiger partial charge in [0.1, 0.15) is 7.28 Å². The van der Waals surface area contributed by atoms with Crippen LogP contribution in [0.4, 0.5) is 0 Å². The van der Waals surface area contributed by atoms with E-state index in [1.54, 1.807) is 0 Å². The fourth-order valence-corrected chi connectivity index (χ4v) is 2.27. The van der Waals surface area contributed by atoms with Gasteiger partial charge in [-0.2, -0.15) is 0 Å². The minimum absolute atomic E-state index is 0.915. The van der Waals surface area contributed by atoms with Crippen LogP contribution in [0.3, 0.4) is 0 Å². The van der Waals surface area contributed by atoms with Crippen molar-refractivity contribution in [3.63, 3.8) is 0 Å². The first kappa shape index (κ1) is 9.16. The van der Waals surface area contributed by atoms with E-state index in [0.717, 1.165) is 11.6 Å². The molecular weight excluding hydrogens is 131 g/mol. The van der Waals surface area contributed by atoms with Crippen molar-refractivity contribution < 1.29 is 0 Å². The van der Waals surface area contributed by atoms with Crippen LogP contribution in [-0.4, -0.2) is 7.28 Å². The van der Waals surface area contributed by atoms with Crippen LogP contribution in [0.1, 0.15) is 52.4 Å². The first-order valence-electron chi connectivity index (χ1n) is 5.29. The summed E-state index contributed by atoms with van der Waals surface area (Å²) in [6.07, 6.45) is 9.01. The van der Waals surface area contributed by atoms with Crippen LogP contribution in [0.15, 0.2) is 0 Å². The van der Waals surface area contributed by atoms with Crippen LogP contribution in [0.5, 0.6) is 0 Å². The largest absolute Gasteiger partial charge is 0.126 e. The van der Waals surface area contributed by atoms with Gasteiger partial charge in [-0.15, -0.1) is 0 Å². The third kappa shape index (κ3) is 3.84. The van der Waals surface area contributed by atoms with Gasteiger partial charge in [0.25, 0.3) is 0 Å². The van der Waals surface area contributed by atoms with Gasteiger partial charge in [0.15, 0.2) is 0 Å². The quantitative estimate of drug-likeness (QED) is 0.420. The molecule has 0 spiro atoms. The molecule has 0 heterocycles. The van der Waals surface area contributed by atoms with Gasteiger partial charge in [-0.25, -0.2) is 0 Å². The maximum absolute atomic E-state index is 2.35. The lowest BCUT2D eigenvalue weighted by Crippen LogP contribution is -2.05. The molecule has 1 heteroatoms. The van der Waals surface area contributed by atoms with Crippen molar-refractivity contribution in [2.45, 2.75) is 64.0 Å². The minimum Gasteiger partial charge on any atom is -0.0710 e. The average molecular weight is 152 g/mol. The Bertz CT molecular complexity index is 91.0. The maximum atomic E-state index is 2.35. The van der Waals surface area contributed by atoms with Crippen LogP contribution in [0.2, 0.25) is 11.6 Å². The molecule has 0 aromatic rings. The first-order valence-corrected chi connectivity index (χ1v) is 5.29. The van der Waals surface area contributed by atoms with E-state index in [4.69, 9.17) is 0 Å². The van der Waals surface area contributed by atoms with E-state index in [2.05, 4.69) is 13.8 Å². The van der Waals surface area contributed by atoms with E-state index in [-0.39, 0.29) is 0 Å². The minimum atomic E-state index is 0.915. The molecule has 1 fully saturated rings. The Kier molecular flexibility index (Phi) is 4.03. The summed E-state index contributed by atoms with van der Waals surface area (Å²) >= 11 is 0. The van der Waals surface area contributed by atoms with Gasteiger partial charge in [0.05, 0.1) is 0 Å². The molecule has 0 radical (unpaired) electrons. The summed E-state index contributed by atoms with van der Waals surface area (Å²) in [4.78, 5) is 0. The predicted molar refractivity (Wildman–Crippen MR) is 53.7 cm³/mol. The molecule has 0 unspecified atom stereocenters. The molecule has 1 aliphatic rings. The highest BCUT2D eigenvalue weighted by Crippen LogP contribution is 2.28. The summed E-state index contributed by atoms with van der Waals surface area (Å²) in [7, 11) is 1.47. The lowest BCUT2D eigenvalue weighted by molar-refractivity contribution is 0.684. The second kappa shape index (κ2) is 4.85. The Morgan fingerprint density at radius 1 is 1.00 bits per heavy atom. The maximum Gasteiger partial charge on any atom is 0.126 e. The zero-order chi connectivity index (χ0) is 8.10. The van der Waals surface area contributed by atoms with Crippen molar-refractivity contribution >= 4 is 7.28 Å². The Morgan fingerprint density at radius 3 is 2.00 bits per heavy atom. The molecule has 1 saturated carbocycles. The van der Waals surface area contributed by atoms with Gasteiger partial charge >= 0.3 is 0 Å². The molecule has 0 bridgehead atoms. The number of rotatable bonds is 2. The number of hydrogen-bond acceptors (Lipinski definition) is 0. The Morgan fingerprint density at radius 2 is 1.55 bits per heavy atom. The van der Waals surface area contributed by atoms with Crippen LogP contribution in [-0.2, 0) is 0 Å². The zero-order valence-electron chi connectivity index (χ0n) is 8.10. The fraction of sp³-hybridized carbons (Fsp3) is 1.00. The fourth-order valence-electron chi connectivity index (χ4n) is 2.27. The molecule has 0 aromatic carbocycles. The lowest BCUT2D eigenvalue weighted by Gasteiger charge is -2.13. The van der Waals surface area contributed by atoms with Crippen LogP contribution < -0.4 is 0 Å². The summed E-state index contributed by atoms with van der Waals surface area (Å²) in [6.45, 7) is 4.70. The summed E-state index contributed by atoms with van der Waals surface area (Å²) in [6, 6.07) is 0. The number of hydrogen-bond donors (Lipinski definition) is 0. The molecule has 11 heavy (non-hydrogen) atoms. The van der Waals surface area contributed by atoms with Crippen LogP contribution >= 0.6 is 0 Å². The van der Waals surface area contributed by atoms with Gasteiger partial charge < -0.3 is 0 Å².